The molecule has 1 aromatic carbocycles. The van der Waals surface area contributed by atoms with Gasteiger partial charge in [0.05, 0.1) is 12.2 Å². The number of nitrogens with zero attached hydrogens (tertiary/aromatic N) is 2. The number of nitrogens with one attached hydrogen (secondary N) is 1. The molecule has 3 aliphatic rings. The first kappa shape index (κ1) is 19.7. The van der Waals surface area contributed by atoms with Crippen LogP contribution in [0.5, 0.6) is 0 Å². The number of hydrogen-bond donors (Lipinski definition) is 1. The third-order valence-electron chi connectivity index (χ3n) is 6.58. The molecule has 2 amide bonds. The standard InChI is InChI=1S/C23H35N3O2/c27-23(24-20-8-4-5-9-20)26-16-12-22(13-17-26)28-21-10-14-25(15-11-21)18-19-6-2-1-3-7-19/h1-3,6-7,20-22H,4-5,8-18H2,(H,24,27). The number of urea groups is 1. The Morgan fingerprint density at radius 3 is 2.14 bits per heavy atom. The average molecular weight is 386 g/mol. The van der Waals surface area contributed by atoms with Crippen molar-refractivity contribution >= 4 is 6.03 Å². The first-order valence-corrected chi connectivity index (χ1v) is 11.2. The molecule has 1 aromatic rings. The lowest BCUT2D eigenvalue weighted by molar-refractivity contribution is -0.0620. The molecule has 0 unspecified atom stereocenters. The van der Waals surface area contributed by atoms with Gasteiger partial charge in [0.1, 0.15) is 0 Å². The minimum atomic E-state index is 0.138. The second-order valence-electron chi connectivity index (χ2n) is 8.71. The Balaban J connectivity index is 1.13. The molecular formula is C23H35N3O2. The minimum absolute atomic E-state index is 0.138. The van der Waals surface area contributed by atoms with Crippen molar-refractivity contribution in [3.05, 3.63) is 35.9 Å². The zero-order valence-corrected chi connectivity index (χ0v) is 17.0. The van der Waals surface area contributed by atoms with Gasteiger partial charge in [-0.05, 0) is 44.1 Å². The van der Waals surface area contributed by atoms with Gasteiger partial charge in [0.25, 0.3) is 0 Å². The smallest absolute Gasteiger partial charge is 0.317 e. The van der Waals surface area contributed by atoms with Crippen LogP contribution in [0.25, 0.3) is 0 Å². The molecule has 0 spiro atoms. The normalized spacial score (nSPS) is 23.2. The van der Waals surface area contributed by atoms with Gasteiger partial charge in [-0.1, -0.05) is 43.2 Å². The van der Waals surface area contributed by atoms with Crippen LogP contribution in [-0.2, 0) is 11.3 Å². The molecule has 2 aliphatic heterocycles. The summed E-state index contributed by atoms with van der Waals surface area (Å²) >= 11 is 0. The Bertz CT molecular complexity index is 602. The van der Waals surface area contributed by atoms with Crippen LogP contribution in [0.1, 0.15) is 56.9 Å². The van der Waals surface area contributed by atoms with Gasteiger partial charge in [-0.15, -0.1) is 0 Å². The molecule has 154 valence electrons. The van der Waals surface area contributed by atoms with E-state index >= 15 is 0 Å². The maximum atomic E-state index is 12.4. The number of benzene rings is 1. The molecule has 5 nitrogen and oxygen atoms in total. The molecule has 5 heteroatoms. The largest absolute Gasteiger partial charge is 0.375 e. The molecule has 4 rings (SSSR count). The van der Waals surface area contributed by atoms with E-state index < -0.39 is 0 Å². The highest BCUT2D eigenvalue weighted by molar-refractivity contribution is 5.74. The zero-order valence-electron chi connectivity index (χ0n) is 17.0. The monoisotopic (exact) mass is 385 g/mol. The van der Waals surface area contributed by atoms with E-state index in [4.69, 9.17) is 4.74 Å². The molecular weight excluding hydrogens is 350 g/mol. The summed E-state index contributed by atoms with van der Waals surface area (Å²) in [5.74, 6) is 0. The highest BCUT2D eigenvalue weighted by atomic mass is 16.5. The van der Waals surface area contributed by atoms with E-state index in [0.29, 0.717) is 18.2 Å². The van der Waals surface area contributed by atoms with Crippen LogP contribution in [0.2, 0.25) is 0 Å². The Kier molecular flexibility index (Phi) is 6.86. The summed E-state index contributed by atoms with van der Waals surface area (Å²) in [7, 11) is 0. The van der Waals surface area contributed by atoms with E-state index in [-0.39, 0.29) is 6.03 Å². The van der Waals surface area contributed by atoms with Crippen molar-refractivity contribution < 1.29 is 9.53 Å². The van der Waals surface area contributed by atoms with Crippen LogP contribution in [0.15, 0.2) is 30.3 Å². The van der Waals surface area contributed by atoms with Crippen LogP contribution >= 0.6 is 0 Å². The van der Waals surface area contributed by atoms with Crippen molar-refractivity contribution in [2.45, 2.75) is 76.2 Å². The minimum Gasteiger partial charge on any atom is -0.375 e. The lowest BCUT2D eigenvalue weighted by atomic mass is 10.0. The van der Waals surface area contributed by atoms with Crippen molar-refractivity contribution in [1.29, 1.82) is 0 Å². The molecule has 0 aromatic heterocycles. The highest BCUT2D eigenvalue weighted by Crippen LogP contribution is 2.23. The fourth-order valence-corrected chi connectivity index (χ4v) is 4.85. The topological polar surface area (TPSA) is 44.8 Å². The second-order valence-corrected chi connectivity index (χ2v) is 8.71. The SMILES string of the molecule is O=C(NC1CCCC1)N1CCC(OC2CCN(Cc3ccccc3)CC2)CC1. The summed E-state index contributed by atoms with van der Waals surface area (Å²) in [6, 6.07) is 11.3. The number of hydrogen-bond acceptors (Lipinski definition) is 3. The molecule has 2 heterocycles. The van der Waals surface area contributed by atoms with Gasteiger partial charge in [-0.2, -0.15) is 0 Å². The number of likely N-dealkylation sites (tertiary alicyclic amines) is 2. The summed E-state index contributed by atoms with van der Waals surface area (Å²) in [6.07, 6.45) is 9.70. The summed E-state index contributed by atoms with van der Waals surface area (Å²) in [5, 5.41) is 3.21. The molecule has 3 fully saturated rings. The quantitative estimate of drug-likeness (QED) is 0.839. The van der Waals surface area contributed by atoms with E-state index in [9.17, 15) is 4.79 Å². The Morgan fingerprint density at radius 1 is 0.893 bits per heavy atom. The Hall–Kier alpha value is -1.59. The van der Waals surface area contributed by atoms with Gasteiger partial charge in [-0.3, -0.25) is 4.90 Å². The van der Waals surface area contributed by atoms with Crippen LogP contribution < -0.4 is 5.32 Å². The lowest BCUT2D eigenvalue weighted by Crippen LogP contribution is -2.49. The molecule has 0 bridgehead atoms. The third kappa shape index (κ3) is 5.48. The van der Waals surface area contributed by atoms with Crippen LogP contribution in [-0.4, -0.2) is 60.3 Å². The maximum absolute atomic E-state index is 12.4. The van der Waals surface area contributed by atoms with E-state index in [1.54, 1.807) is 0 Å². The number of amides is 2. The summed E-state index contributed by atoms with van der Waals surface area (Å²) < 4.78 is 6.41. The predicted molar refractivity (Wildman–Crippen MR) is 111 cm³/mol. The van der Waals surface area contributed by atoms with Crippen LogP contribution in [0, 0.1) is 0 Å². The Labute approximate surface area is 169 Å². The van der Waals surface area contributed by atoms with Crippen molar-refractivity contribution in [2.75, 3.05) is 26.2 Å². The van der Waals surface area contributed by atoms with E-state index in [1.807, 2.05) is 4.90 Å². The highest BCUT2D eigenvalue weighted by Gasteiger charge is 2.28. The van der Waals surface area contributed by atoms with Crippen molar-refractivity contribution in [3.63, 3.8) is 0 Å². The molecule has 2 saturated heterocycles. The number of carbonyl (C=O) groups excluding carboxylic acids is 1. The molecule has 0 atom stereocenters. The summed E-state index contributed by atoms with van der Waals surface area (Å²) in [4.78, 5) is 16.9. The van der Waals surface area contributed by atoms with Gasteiger partial charge < -0.3 is 15.0 Å². The molecule has 1 saturated carbocycles. The van der Waals surface area contributed by atoms with E-state index in [2.05, 4.69) is 40.5 Å². The Morgan fingerprint density at radius 2 is 1.50 bits per heavy atom. The number of piperidine rings is 2. The second kappa shape index (κ2) is 9.75. The number of ether oxygens (including phenoxy) is 1. The van der Waals surface area contributed by atoms with E-state index in [1.165, 1.54) is 18.4 Å². The molecule has 1 aliphatic carbocycles. The summed E-state index contributed by atoms with van der Waals surface area (Å²) in [5.41, 5.74) is 1.39. The van der Waals surface area contributed by atoms with Gasteiger partial charge in [0.2, 0.25) is 0 Å². The summed E-state index contributed by atoms with van der Waals surface area (Å²) in [6.45, 7) is 4.93. The first-order chi connectivity index (χ1) is 13.8. The fraction of sp³-hybridized carbons (Fsp3) is 0.696. The molecule has 28 heavy (non-hydrogen) atoms. The molecule has 1 N–H and O–H groups in total. The maximum Gasteiger partial charge on any atom is 0.317 e. The van der Waals surface area contributed by atoms with Crippen molar-refractivity contribution in [1.82, 2.24) is 15.1 Å². The lowest BCUT2D eigenvalue weighted by Gasteiger charge is -2.37. The van der Waals surface area contributed by atoms with Gasteiger partial charge >= 0.3 is 6.03 Å². The zero-order chi connectivity index (χ0) is 19.2. The van der Waals surface area contributed by atoms with Crippen molar-refractivity contribution in [3.8, 4) is 0 Å². The van der Waals surface area contributed by atoms with Crippen LogP contribution in [0.3, 0.4) is 0 Å². The number of carbonyl (C=O) groups is 1. The number of rotatable bonds is 5. The molecule has 0 radical (unpaired) electrons. The third-order valence-corrected chi connectivity index (χ3v) is 6.58. The van der Waals surface area contributed by atoms with E-state index in [0.717, 1.165) is 71.2 Å². The fourth-order valence-electron chi connectivity index (χ4n) is 4.85. The van der Waals surface area contributed by atoms with Gasteiger partial charge in [0, 0.05) is 38.8 Å². The predicted octanol–water partition coefficient (Wildman–Crippen LogP) is 3.78. The van der Waals surface area contributed by atoms with Gasteiger partial charge in [-0.25, -0.2) is 4.79 Å². The van der Waals surface area contributed by atoms with Crippen molar-refractivity contribution in [2.24, 2.45) is 0 Å². The van der Waals surface area contributed by atoms with Gasteiger partial charge in [0.15, 0.2) is 0 Å². The first-order valence-electron chi connectivity index (χ1n) is 11.2. The van der Waals surface area contributed by atoms with Crippen LogP contribution in [0.4, 0.5) is 4.79 Å². The average Bonchev–Trinajstić information content (AvgIpc) is 3.24.